The van der Waals surface area contributed by atoms with Crippen molar-refractivity contribution in [3.8, 4) is 11.5 Å². The highest BCUT2D eigenvalue weighted by molar-refractivity contribution is 9.10. The molecule has 1 aromatic carbocycles. The number of ether oxygens (including phenoxy) is 2. The van der Waals surface area contributed by atoms with Gasteiger partial charge in [0.2, 0.25) is 0 Å². The molecule has 1 aromatic rings. The maximum atomic E-state index is 10.9. The summed E-state index contributed by atoms with van der Waals surface area (Å²) in [4.78, 5) is 10.9. The quantitative estimate of drug-likeness (QED) is 0.832. The van der Waals surface area contributed by atoms with Crippen molar-refractivity contribution in [2.75, 3.05) is 14.2 Å². The molecule has 5 nitrogen and oxygen atoms in total. The number of halogens is 1. The largest absolute Gasteiger partial charge is 0.493 e. The summed E-state index contributed by atoms with van der Waals surface area (Å²) >= 11 is 3.44. The van der Waals surface area contributed by atoms with Gasteiger partial charge in [-0.05, 0) is 24.5 Å². The highest BCUT2D eigenvalue weighted by Crippen LogP contribution is 2.39. The van der Waals surface area contributed by atoms with Crippen LogP contribution in [0.5, 0.6) is 11.5 Å². The van der Waals surface area contributed by atoms with Crippen molar-refractivity contribution in [1.82, 2.24) is 0 Å². The molecular formula is C13H18BrNO4. The summed E-state index contributed by atoms with van der Waals surface area (Å²) < 4.78 is 11.4. The Labute approximate surface area is 120 Å². The van der Waals surface area contributed by atoms with Crippen LogP contribution in [0.2, 0.25) is 0 Å². The molecule has 0 heterocycles. The molecule has 6 heteroatoms. The second-order valence-electron chi connectivity index (χ2n) is 4.05. The van der Waals surface area contributed by atoms with Crippen molar-refractivity contribution >= 4 is 21.9 Å². The number of carboxylic acid groups (broad SMARTS) is 1. The van der Waals surface area contributed by atoms with Gasteiger partial charge in [-0.2, -0.15) is 0 Å². The molecule has 1 atom stereocenters. The summed E-state index contributed by atoms with van der Waals surface area (Å²) in [6.45, 7) is 1.97. The Hall–Kier alpha value is -1.27. The third kappa shape index (κ3) is 3.39. The highest BCUT2D eigenvalue weighted by atomic mass is 79.9. The average molecular weight is 332 g/mol. The molecule has 0 radical (unpaired) electrons. The van der Waals surface area contributed by atoms with Gasteiger partial charge in [0.25, 0.3) is 0 Å². The van der Waals surface area contributed by atoms with Crippen LogP contribution in [0.3, 0.4) is 0 Å². The maximum Gasteiger partial charge on any atom is 0.320 e. The molecule has 0 saturated carbocycles. The van der Waals surface area contributed by atoms with Crippen LogP contribution >= 0.6 is 15.9 Å². The fourth-order valence-electron chi connectivity index (χ4n) is 1.97. The van der Waals surface area contributed by atoms with E-state index in [0.717, 1.165) is 15.6 Å². The van der Waals surface area contributed by atoms with Gasteiger partial charge in [0.1, 0.15) is 6.04 Å². The number of hydrogen-bond acceptors (Lipinski definition) is 4. The lowest BCUT2D eigenvalue weighted by molar-refractivity contribution is -0.138. The predicted octanol–water partition coefficient (Wildman–Crippen LogP) is 1.98. The fraction of sp³-hybridized carbons (Fsp3) is 0.462. The number of carbonyl (C=O) groups is 1. The van der Waals surface area contributed by atoms with Crippen LogP contribution in [-0.4, -0.2) is 31.3 Å². The summed E-state index contributed by atoms with van der Waals surface area (Å²) in [7, 11) is 3.12. The van der Waals surface area contributed by atoms with Gasteiger partial charge in [-0.1, -0.05) is 22.9 Å². The molecule has 0 saturated heterocycles. The van der Waals surface area contributed by atoms with Crippen LogP contribution in [0.25, 0.3) is 0 Å². The number of nitrogens with two attached hydrogens (primary N) is 1. The summed E-state index contributed by atoms with van der Waals surface area (Å²) in [6.07, 6.45) is 0.931. The standard InChI is InChI=1S/C13H18BrNO4/c1-4-7-8(5-10(15)13(16)17)9(14)6-11(18-2)12(7)19-3/h6,10H,4-5,15H2,1-3H3,(H,16,17). The Morgan fingerprint density at radius 3 is 2.47 bits per heavy atom. The minimum Gasteiger partial charge on any atom is -0.493 e. The molecule has 1 unspecified atom stereocenters. The fourth-order valence-corrected chi connectivity index (χ4v) is 2.58. The second-order valence-corrected chi connectivity index (χ2v) is 4.91. The summed E-state index contributed by atoms with van der Waals surface area (Å²) in [5.74, 6) is 0.211. The number of hydrogen-bond donors (Lipinski definition) is 2. The van der Waals surface area contributed by atoms with E-state index in [9.17, 15) is 4.79 Å². The summed E-state index contributed by atoms with van der Waals surface area (Å²) in [6, 6.07) is 0.821. The minimum absolute atomic E-state index is 0.236. The van der Waals surface area contributed by atoms with Gasteiger partial charge >= 0.3 is 5.97 Å². The molecule has 19 heavy (non-hydrogen) atoms. The third-order valence-corrected chi connectivity index (χ3v) is 3.63. The van der Waals surface area contributed by atoms with Gasteiger partial charge in [-0.3, -0.25) is 4.79 Å². The Kier molecular flexibility index (Phi) is 5.62. The highest BCUT2D eigenvalue weighted by Gasteiger charge is 2.21. The van der Waals surface area contributed by atoms with Crippen LogP contribution in [0.1, 0.15) is 18.1 Å². The molecule has 0 bridgehead atoms. The normalized spacial score (nSPS) is 12.1. The van der Waals surface area contributed by atoms with E-state index in [0.29, 0.717) is 17.9 Å². The van der Waals surface area contributed by atoms with Crippen LogP contribution in [0.15, 0.2) is 10.5 Å². The number of carboxylic acids is 1. The molecule has 0 aliphatic carbocycles. The van der Waals surface area contributed by atoms with Gasteiger partial charge in [-0.25, -0.2) is 0 Å². The van der Waals surface area contributed by atoms with Crippen molar-refractivity contribution in [1.29, 1.82) is 0 Å². The zero-order valence-electron chi connectivity index (χ0n) is 11.2. The SMILES string of the molecule is CCc1c(CC(N)C(=O)O)c(Br)cc(OC)c1OC. The lowest BCUT2D eigenvalue weighted by Gasteiger charge is -2.19. The summed E-state index contributed by atoms with van der Waals surface area (Å²) in [5.41, 5.74) is 7.36. The van der Waals surface area contributed by atoms with E-state index in [-0.39, 0.29) is 6.42 Å². The average Bonchev–Trinajstić information content (AvgIpc) is 2.39. The molecule has 1 rings (SSSR count). The van der Waals surface area contributed by atoms with Crippen molar-refractivity contribution in [3.05, 3.63) is 21.7 Å². The van der Waals surface area contributed by atoms with Gasteiger partial charge in [0, 0.05) is 10.0 Å². The van der Waals surface area contributed by atoms with Crippen LogP contribution in [0.4, 0.5) is 0 Å². The topological polar surface area (TPSA) is 81.8 Å². The molecule has 0 fully saturated rings. The number of methoxy groups -OCH3 is 2. The van der Waals surface area contributed by atoms with E-state index in [1.165, 1.54) is 0 Å². The van der Waals surface area contributed by atoms with Crippen molar-refractivity contribution in [3.63, 3.8) is 0 Å². The van der Waals surface area contributed by atoms with Gasteiger partial charge in [0.15, 0.2) is 11.5 Å². The van der Waals surface area contributed by atoms with Gasteiger partial charge < -0.3 is 20.3 Å². The van der Waals surface area contributed by atoms with Gasteiger partial charge in [-0.15, -0.1) is 0 Å². The Balaban J connectivity index is 3.34. The van der Waals surface area contributed by atoms with E-state index >= 15 is 0 Å². The van der Waals surface area contributed by atoms with Crippen LogP contribution < -0.4 is 15.2 Å². The minimum atomic E-state index is -1.02. The third-order valence-electron chi connectivity index (χ3n) is 2.93. The lowest BCUT2D eigenvalue weighted by Crippen LogP contribution is -2.32. The van der Waals surface area contributed by atoms with E-state index in [1.54, 1.807) is 20.3 Å². The second kappa shape index (κ2) is 6.77. The lowest BCUT2D eigenvalue weighted by atomic mass is 9.97. The van der Waals surface area contributed by atoms with Crippen molar-refractivity contribution in [2.45, 2.75) is 25.8 Å². The van der Waals surface area contributed by atoms with E-state index < -0.39 is 12.0 Å². The Morgan fingerprint density at radius 2 is 2.05 bits per heavy atom. The Bertz CT molecular complexity index is 476. The molecule has 0 amide bonds. The first-order chi connectivity index (χ1) is 8.96. The van der Waals surface area contributed by atoms with Crippen molar-refractivity contribution in [2.24, 2.45) is 5.73 Å². The first-order valence-electron chi connectivity index (χ1n) is 5.86. The van der Waals surface area contributed by atoms with Gasteiger partial charge in [0.05, 0.1) is 14.2 Å². The number of aliphatic carboxylic acids is 1. The molecule has 0 spiro atoms. The zero-order valence-corrected chi connectivity index (χ0v) is 12.8. The molecule has 3 N–H and O–H groups in total. The molecule has 0 aliphatic heterocycles. The molecule has 106 valence electrons. The molecule has 0 aromatic heterocycles. The van der Waals surface area contributed by atoms with Crippen LogP contribution in [-0.2, 0) is 17.6 Å². The van der Waals surface area contributed by atoms with E-state index in [1.807, 2.05) is 6.92 Å². The smallest absolute Gasteiger partial charge is 0.320 e. The zero-order chi connectivity index (χ0) is 14.6. The first kappa shape index (κ1) is 15.8. The predicted molar refractivity (Wildman–Crippen MR) is 75.9 cm³/mol. The van der Waals surface area contributed by atoms with Crippen LogP contribution in [0, 0.1) is 0 Å². The maximum absolute atomic E-state index is 10.9. The Morgan fingerprint density at radius 1 is 1.42 bits per heavy atom. The molecular weight excluding hydrogens is 314 g/mol. The summed E-state index contributed by atoms with van der Waals surface area (Å²) in [5, 5.41) is 8.93. The number of rotatable bonds is 6. The van der Waals surface area contributed by atoms with E-state index in [2.05, 4.69) is 15.9 Å². The van der Waals surface area contributed by atoms with E-state index in [4.69, 9.17) is 20.3 Å². The number of benzene rings is 1. The first-order valence-corrected chi connectivity index (χ1v) is 6.66. The van der Waals surface area contributed by atoms with Crippen molar-refractivity contribution < 1.29 is 19.4 Å². The molecule has 0 aliphatic rings. The monoisotopic (exact) mass is 331 g/mol.